The van der Waals surface area contributed by atoms with E-state index in [0.29, 0.717) is 18.5 Å². The Morgan fingerprint density at radius 2 is 1.97 bits per heavy atom. The van der Waals surface area contributed by atoms with Crippen LogP contribution in [-0.2, 0) is 11.2 Å². The van der Waals surface area contributed by atoms with E-state index in [0.717, 1.165) is 55.2 Å². The van der Waals surface area contributed by atoms with Crippen LogP contribution in [0.4, 0.5) is 11.6 Å². The van der Waals surface area contributed by atoms with Crippen molar-refractivity contribution < 1.29 is 9.59 Å². The van der Waals surface area contributed by atoms with Crippen molar-refractivity contribution in [2.45, 2.75) is 58.4 Å². The van der Waals surface area contributed by atoms with E-state index < -0.39 is 0 Å². The van der Waals surface area contributed by atoms with Crippen molar-refractivity contribution in [2.75, 3.05) is 29.4 Å². The number of hydrogen-bond acceptors (Lipinski definition) is 5. The molecule has 0 radical (unpaired) electrons. The summed E-state index contributed by atoms with van der Waals surface area (Å²) in [6.07, 6.45) is 7.44. The first kappa shape index (κ1) is 20.9. The Kier molecular flexibility index (Phi) is 5.35. The van der Waals surface area contributed by atoms with Crippen LogP contribution in [0.1, 0.15) is 73.6 Å². The van der Waals surface area contributed by atoms with Gasteiger partial charge in [0, 0.05) is 49.1 Å². The number of nitrogens with zero attached hydrogens (tertiary/aromatic N) is 4. The molecule has 168 valence electrons. The average Bonchev–Trinajstić information content (AvgIpc) is 3.44. The lowest BCUT2D eigenvalue weighted by atomic mass is 9.74. The van der Waals surface area contributed by atoms with E-state index in [4.69, 9.17) is 4.98 Å². The Bertz CT molecular complexity index is 1040. The molecule has 0 unspecified atom stereocenters. The fourth-order valence-electron chi connectivity index (χ4n) is 5.21. The molecule has 2 amide bonds. The Morgan fingerprint density at radius 3 is 2.72 bits per heavy atom. The van der Waals surface area contributed by atoms with E-state index in [1.807, 2.05) is 24.4 Å². The van der Waals surface area contributed by atoms with Crippen molar-refractivity contribution in [1.29, 1.82) is 0 Å². The number of rotatable bonds is 4. The van der Waals surface area contributed by atoms with Gasteiger partial charge >= 0.3 is 0 Å². The van der Waals surface area contributed by atoms with Gasteiger partial charge in [-0.05, 0) is 55.7 Å². The average molecular weight is 434 g/mol. The lowest BCUT2D eigenvalue weighted by Crippen LogP contribution is -2.37. The van der Waals surface area contributed by atoms with Crippen molar-refractivity contribution in [3.05, 3.63) is 47.3 Å². The molecule has 32 heavy (non-hydrogen) atoms. The van der Waals surface area contributed by atoms with Gasteiger partial charge in [-0.25, -0.2) is 9.97 Å². The van der Waals surface area contributed by atoms with Crippen LogP contribution >= 0.6 is 0 Å². The van der Waals surface area contributed by atoms with E-state index in [2.05, 4.69) is 29.0 Å². The lowest BCUT2D eigenvalue weighted by molar-refractivity contribution is -0.117. The molecule has 1 atom stereocenters. The lowest BCUT2D eigenvalue weighted by Gasteiger charge is -2.36. The van der Waals surface area contributed by atoms with E-state index in [9.17, 15) is 9.59 Å². The Balaban J connectivity index is 1.38. The second-order valence-electron chi connectivity index (χ2n) is 10.0. The summed E-state index contributed by atoms with van der Waals surface area (Å²) in [4.78, 5) is 38.9. The van der Waals surface area contributed by atoms with Gasteiger partial charge in [-0.3, -0.25) is 9.59 Å². The summed E-state index contributed by atoms with van der Waals surface area (Å²) < 4.78 is 0. The molecule has 2 fully saturated rings. The first-order chi connectivity index (χ1) is 15.4. The molecule has 2 aliphatic heterocycles. The van der Waals surface area contributed by atoms with E-state index in [1.165, 1.54) is 12.8 Å². The summed E-state index contributed by atoms with van der Waals surface area (Å²) in [5, 5.41) is 3.23. The van der Waals surface area contributed by atoms with Gasteiger partial charge < -0.3 is 15.1 Å². The van der Waals surface area contributed by atoms with Crippen molar-refractivity contribution in [3.63, 3.8) is 0 Å². The first-order valence-electron chi connectivity index (χ1n) is 11.7. The zero-order chi connectivity index (χ0) is 22.3. The maximum atomic E-state index is 13.2. The van der Waals surface area contributed by atoms with Crippen molar-refractivity contribution in [1.82, 2.24) is 15.3 Å². The summed E-state index contributed by atoms with van der Waals surface area (Å²) in [7, 11) is 0. The third-order valence-corrected chi connectivity index (χ3v) is 6.85. The molecule has 3 heterocycles. The van der Waals surface area contributed by atoms with Crippen LogP contribution in [0, 0.1) is 5.41 Å². The molecule has 2 aromatic rings. The number of benzene rings is 1. The Hall–Kier alpha value is -2.96. The molecule has 2 saturated heterocycles. The highest BCUT2D eigenvalue weighted by atomic mass is 16.2. The Labute approximate surface area is 189 Å². The number of carbonyl (C=O) groups excluding carboxylic acids is 2. The highest BCUT2D eigenvalue weighted by Crippen LogP contribution is 2.40. The van der Waals surface area contributed by atoms with Crippen molar-refractivity contribution >= 4 is 23.5 Å². The van der Waals surface area contributed by atoms with E-state index in [-0.39, 0.29) is 23.3 Å². The van der Waals surface area contributed by atoms with Crippen LogP contribution in [-0.4, -0.2) is 41.4 Å². The molecule has 1 aliphatic carbocycles. The standard InChI is InChI=1S/C25H31N5O2/c1-25(2)14-20(19-16-26-24(28-21(19)15-25)29-10-3-4-11-29)27-23(32)17-7-5-8-18(13-17)30-12-6-9-22(30)31/h5,7-8,13,16,20H,3-4,6,9-12,14-15H2,1-2H3,(H,27,32)/t20-/m0/s1. The minimum atomic E-state index is -0.133. The second-order valence-corrected chi connectivity index (χ2v) is 10.0. The number of fused-ring (bicyclic) bond motifs is 1. The molecular formula is C25H31N5O2. The topological polar surface area (TPSA) is 78.4 Å². The van der Waals surface area contributed by atoms with Gasteiger partial charge in [0.05, 0.1) is 11.7 Å². The molecule has 0 saturated carbocycles. The summed E-state index contributed by atoms with van der Waals surface area (Å²) in [6.45, 7) is 7.19. The van der Waals surface area contributed by atoms with E-state index in [1.54, 1.807) is 11.0 Å². The van der Waals surface area contributed by atoms with Gasteiger partial charge in [0.2, 0.25) is 11.9 Å². The molecule has 5 rings (SSSR count). The molecule has 1 aromatic heterocycles. The zero-order valence-electron chi connectivity index (χ0n) is 18.9. The van der Waals surface area contributed by atoms with Crippen LogP contribution in [0.15, 0.2) is 30.5 Å². The van der Waals surface area contributed by atoms with Crippen molar-refractivity contribution in [3.8, 4) is 0 Å². The summed E-state index contributed by atoms with van der Waals surface area (Å²) >= 11 is 0. The van der Waals surface area contributed by atoms with E-state index >= 15 is 0 Å². The summed E-state index contributed by atoms with van der Waals surface area (Å²) in [5.41, 5.74) is 3.46. The van der Waals surface area contributed by atoms with Gasteiger partial charge in [0.25, 0.3) is 5.91 Å². The molecule has 3 aliphatic rings. The zero-order valence-corrected chi connectivity index (χ0v) is 18.9. The van der Waals surface area contributed by atoms with Crippen LogP contribution in [0.25, 0.3) is 0 Å². The molecule has 7 heteroatoms. The van der Waals surface area contributed by atoms with Crippen LogP contribution in [0.2, 0.25) is 0 Å². The molecule has 1 N–H and O–H groups in total. The minimum Gasteiger partial charge on any atom is -0.345 e. The SMILES string of the molecule is CC1(C)Cc2nc(N3CCCC3)ncc2[C@@H](NC(=O)c2cccc(N3CCCC3=O)c2)C1. The number of hydrogen-bond donors (Lipinski definition) is 1. The van der Waals surface area contributed by atoms with Gasteiger partial charge in [-0.15, -0.1) is 0 Å². The number of amides is 2. The normalized spacial score (nSPS) is 22.2. The summed E-state index contributed by atoms with van der Waals surface area (Å²) in [6, 6.07) is 7.24. The Morgan fingerprint density at radius 1 is 1.16 bits per heavy atom. The monoisotopic (exact) mass is 433 g/mol. The summed E-state index contributed by atoms with van der Waals surface area (Å²) in [5.74, 6) is 0.805. The molecule has 7 nitrogen and oxygen atoms in total. The fraction of sp³-hybridized carbons (Fsp3) is 0.520. The minimum absolute atomic E-state index is 0.0331. The van der Waals surface area contributed by atoms with Gasteiger partial charge in [0.15, 0.2) is 0 Å². The third-order valence-electron chi connectivity index (χ3n) is 6.85. The maximum Gasteiger partial charge on any atom is 0.251 e. The number of aromatic nitrogens is 2. The third kappa shape index (κ3) is 4.08. The first-order valence-corrected chi connectivity index (χ1v) is 11.7. The number of nitrogens with one attached hydrogen (secondary N) is 1. The smallest absolute Gasteiger partial charge is 0.251 e. The van der Waals surface area contributed by atoms with Crippen LogP contribution in [0.5, 0.6) is 0 Å². The predicted molar refractivity (Wildman–Crippen MR) is 124 cm³/mol. The van der Waals surface area contributed by atoms with Crippen LogP contribution < -0.4 is 15.1 Å². The highest BCUT2D eigenvalue weighted by Gasteiger charge is 2.35. The second kappa shape index (κ2) is 8.19. The largest absolute Gasteiger partial charge is 0.345 e. The van der Waals surface area contributed by atoms with Gasteiger partial charge in [-0.1, -0.05) is 19.9 Å². The molecule has 0 spiro atoms. The molecular weight excluding hydrogens is 402 g/mol. The molecule has 1 aromatic carbocycles. The van der Waals surface area contributed by atoms with Gasteiger partial charge in [0.1, 0.15) is 0 Å². The molecule has 0 bridgehead atoms. The van der Waals surface area contributed by atoms with Gasteiger partial charge in [-0.2, -0.15) is 0 Å². The predicted octanol–water partition coefficient (Wildman–Crippen LogP) is 3.65. The van der Waals surface area contributed by atoms with Crippen molar-refractivity contribution in [2.24, 2.45) is 5.41 Å². The fourth-order valence-corrected chi connectivity index (χ4v) is 5.21. The van der Waals surface area contributed by atoms with Crippen LogP contribution in [0.3, 0.4) is 0 Å². The highest BCUT2D eigenvalue weighted by molar-refractivity contribution is 5.99. The maximum absolute atomic E-state index is 13.2. The number of carbonyl (C=O) groups is 2. The number of anilines is 2. The quantitative estimate of drug-likeness (QED) is 0.796.